The molecule has 0 atom stereocenters. The van der Waals surface area contributed by atoms with Crippen molar-refractivity contribution >= 4 is 33.8 Å². The van der Waals surface area contributed by atoms with Crippen LogP contribution in [0.25, 0.3) is 21.3 Å². The summed E-state index contributed by atoms with van der Waals surface area (Å²) in [5, 5.41) is 5.99. The molecule has 2 aromatic heterocycles. The zero-order valence-electron chi connectivity index (χ0n) is 16.8. The SMILES string of the molecule is Cc1cc(C(=O)NCc2ccc(N(C)C)cc2)c2cccc(-c3cccs3)c2n1. The molecule has 2 heterocycles. The lowest BCUT2D eigenvalue weighted by atomic mass is 10.0. The van der Waals surface area contributed by atoms with Crippen molar-refractivity contribution in [2.45, 2.75) is 13.5 Å². The number of hydrogen-bond acceptors (Lipinski definition) is 4. The molecule has 0 bridgehead atoms. The van der Waals surface area contributed by atoms with E-state index in [-0.39, 0.29) is 5.91 Å². The van der Waals surface area contributed by atoms with E-state index >= 15 is 0 Å². The van der Waals surface area contributed by atoms with Crippen molar-refractivity contribution in [3.05, 3.63) is 82.9 Å². The molecule has 2 aromatic carbocycles. The number of carbonyl (C=O) groups is 1. The van der Waals surface area contributed by atoms with Crippen molar-refractivity contribution in [3.63, 3.8) is 0 Å². The van der Waals surface area contributed by atoms with Gasteiger partial charge in [0.15, 0.2) is 0 Å². The highest BCUT2D eigenvalue weighted by atomic mass is 32.1. The van der Waals surface area contributed by atoms with Crippen molar-refractivity contribution in [1.29, 1.82) is 0 Å². The van der Waals surface area contributed by atoms with Gasteiger partial charge in [-0.2, -0.15) is 0 Å². The number of hydrogen-bond donors (Lipinski definition) is 1. The van der Waals surface area contributed by atoms with Crippen molar-refractivity contribution in [3.8, 4) is 10.4 Å². The smallest absolute Gasteiger partial charge is 0.252 e. The molecule has 4 rings (SSSR count). The fraction of sp³-hybridized carbons (Fsp3) is 0.167. The molecule has 0 aliphatic rings. The van der Waals surface area contributed by atoms with Gasteiger partial charge in [-0.3, -0.25) is 9.78 Å². The van der Waals surface area contributed by atoms with E-state index in [1.54, 1.807) is 11.3 Å². The molecule has 1 amide bonds. The number of anilines is 1. The van der Waals surface area contributed by atoms with E-state index in [1.807, 2.05) is 57.4 Å². The van der Waals surface area contributed by atoms with E-state index in [4.69, 9.17) is 4.98 Å². The van der Waals surface area contributed by atoms with Crippen LogP contribution in [0.15, 0.2) is 66.0 Å². The zero-order valence-corrected chi connectivity index (χ0v) is 17.6. The molecular weight excluding hydrogens is 378 g/mol. The Bertz CT molecular complexity index is 1150. The van der Waals surface area contributed by atoms with E-state index in [1.165, 1.54) is 0 Å². The summed E-state index contributed by atoms with van der Waals surface area (Å²) in [5.74, 6) is -0.0829. The van der Waals surface area contributed by atoms with Gasteiger partial charge < -0.3 is 10.2 Å². The number of fused-ring (bicyclic) bond motifs is 1. The highest BCUT2D eigenvalue weighted by Gasteiger charge is 2.15. The Kier molecular flexibility index (Phi) is 5.32. The van der Waals surface area contributed by atoms with Crippen LogP contribution in [0.3, 0.4) is 0 Å². The molecule has 0 fully saturated rings. The standard InChI is InChI=1S/C24H23N3OS/c1-16-14-21(24(28)25-15-17-9-11-18(12-10-17)27(2)3)19-6-4-7-20(23(19)26-16)22-8-5-13-29-22/h4-14H,15H2,1-3H3,(H,25,28). The molecule has 0 aliphatic heterocycles. The fourth-order valence-corrected chi connectivity index (χ4v) is 4.14. The number of nitrogens with zero attached hydrogens (tertiary/aromatic N) is 2. The lowest BCUT2D eigenvalue weighted by Gasteiger charge is -2.13. The maximum absolute atomic E-state index is 13.0. The number of aryl methyl sites for hydroxylation is 1. The van der Waals surface area contributed by atoms with Gasteiger partial charge in [0.2, 0.25) is 0 Å². The maximum Gasteiger partial charge on any atom is 0.252 e. The molecule has 0 radical (unpaired) electrons. The number of carbonyl (C=O) groups excluding carboxylic acids is 1. The summed E-state index contributed by atoms with van der Waals surface area (Å²) in [6, 6.07) is 20.2. The van der Waals surface area contributed by atoms with Gasteiger partial charge in [-0.25, -0.2) is 0 Å². The minimum absolute atomic E-state index is 0.0829. The summed E-state index contributed by atoms with van der Waals surface area (Å²) in [6.45, 7) is 2.42. The van der Waals surface area contributed by atoms with Gasteiger partial charge >= 0.3 is 0 Å². The average Bonchev–Trinajstić information content (AvgIpc) is 3.26. The predicted octanol–water partition coefficient (Wildman–Crippen LogP) is 5.27. The summed E-state index contributed by atoms with van der Waals surface area (Å²) in [7, 11) is 4.02. The van der Waals surface area contributed by atoms with Crippen LogP contribution in [0, 0.1) is 6.92 Å². The van der Waals surface area contributed by atoms with E-state index in [0.29, 0.717) is 12.1 Å². The summed E-state index contributed by atoms with van der Waals surface area (Å²) in [5.41, 5.74) is 5.64. The van der Waals surface area contributed by atoms with Crippen molar-refractivity contribution in [2.24, 2.45) is 0 Å². The van der Waals surface area contributed by atoms with E-state index in [2.05, 4.69) is 39.9 Å². The second-order valence-corrected chi connectivity index (χ2v) is 8.18. The summed E-state index contributed by atoms with van der Waals surface area (Å²) in [4.78, 5) is 21.0. The molecule has 0 unspecified atom stereocenters. The van der Waals surface area contributed by atoms with Gasteiger partial charge in [-0.05, 0) is 42.1 Å². The maximum atomic E-state index is 13.0. The minimum atomic E-state index is -0.0829. The molecule has 0 spiro atoms. The van der Waals surface area contributed by atoms with Gasteiger partial charge in [0, 0.05) is 47.8 Å². The van der Waals surface area contributed by atoms with Crippen LogP contribution >= 0.6 is 11.3 Å². The Morgan fingerprint density at radius 2 is 1.86 bits per heavy atom. The third-order valence-electron chi connectivity index (χ3n) is 4.90. The molecule has 4 nitrogen and oxygen atoms in total. The van der Waals surface area contributed by atoms with Crippen LogP contribution in [0.5, 0.6) is 0 Å². The first-order chi connectivity index (χ1) is 14.0. The number of aromatic nitrogens is 1. The second-order valence-electron chi connectivity index (χ2n) is 7.23. The van der Waals surface area contributed by atoms with E-state index in [0.717, 1.165) is 38.3 Å². The summed E-state index contributed by atoms with van der Waals surface area (Å²) < 4.78 is 0. The van der Waals surface area contributed by atoms with Crippen molar-refractivity contribution in [1.82, 2.24) is 10.3 Å². The molecule has 4 aromatic rings. The van der Waals surface area contributed by atoms with Gasteiger partial charge in [-0.15, -0.1) is 11.3 Å². The molecule has 0 saturated heterocycles. The number of thiophene rings is 1. The molecule has 5 heteroatoms. The number of nitrogens with one attached hydrogen (secondary N) is 1. The van der Waals surface area contributed by atoms with Gasteiger partial charge in [-0.1, -0.05) is 36.4 Å². The number of benzene rings is 2. The monoisotopic (exact) mass is 401 g/mol. The number of para-hydroxylation sites is 1. The Hall–Kier alpha value is -3.18. The van der Waals surface area contributed by atoms with E-state index in [9.17, 15) is 4.79 Å². The summed E-state index contributed by atoms with van der Waals surface area (Å²) in [6.07, 6.45) is 0. The third-order valence-corrected chi connectivity index (χ3v) is 5.81. The van der Waals surface area contributed by atoms with Gasteiger partial charge in [0.05, 0.1) is 11.1 Å². The lowest BCUT2D eigenvalue weighted by molar-refractivity contribution is 0.0952. The Balaban J connectivity index is 1.63. The van der Waals surface area contributed by atoms with Gasteiger partial charge in [0.1, 0.15) is 0 Å². The second kappa shape index (κ2) is 8.05. The highest BCUT2D eigenvalue weighted by Crippen LogP contribution is 2.32. The number of amides is 1. The van der Waals surface area contributed by atoms with E-state index < -0.39 is 0 Å². The van der Waals surface area contributed by atoms with Crippen LogP contribution < -0.4 is 10.2 Å². The Morgan fingerprint density at radius 3 is 2.55 bits per heavy atom. The molecule has 0 saturated carbocycles. The lowest BCUT2D eigenvalue weighted by Crippen LogP contribution is -2.23. The first kappa shape index (κ1) is 19.2. The molecule has 146 valence electrons. The number of pyridine rings is 1. The van der Waals surface area contributed by atoms with Crippen LogP contribution in [0.2, 0.25) is 0 Å². The Morgan fingerprint density at radius 1 is 1.07 bits per heavy atom. The first-order valence-corrected chi connectivity index (χ1v) is 10.4. The van der Waals surface area contributed by atoms with Crippen LogP contribution in [0.1, 0.15) is 21.6 Å². The van der Waals surface area contributed by atoms with Gasteiger partial charge in [0.25, 0.3) is 5.91 Å². The fourth-order valence-electron chi connectivity index (χ4n) is 3.38. The van der Waals surface area contributed by atoms with Crippen molar-refractivity contribution in [2.75, 3.05) is 19.0 Å². The molecule has 0 aliphatic carbocycles. The van der Waals surface area contributed by atoms with Crippen LogP contribution in [-0.4, -0.2) is 25.0 Å². The minimum Gasteiger partial charge on any atom is -0.378 e. The largest absolute Gasteiger partial charge is 0.378 e. The molecule has 1 N–H and O–H groups in total. The van der Waals surface area contributed by atoms with Crippen LogP contribution in [-0.2, 0) is 6.54 Å². The third kappa shape index (κ3) is 4.00. The average molecular weight is 402 g/mol. The van der Waals surface area contributed by atoms with Crippen LogP contribution in [0.4, 0.5) is 5.69 Å². The topological polar surface area (TPSA) is 45.2 Å². The molecular formula is C24H23N3OS. The molecule has 29 heavy (non-hydrogen) atoms. The summed E-state index contributed by atoms with van der Waals surface area (Å²) >= 11 is 1.68. The highest BCUT2D eigenvalue weighted by molar-refractivity contribution is 7.13. The predicted molar refractivity (Wildman–Crippen MR) is 122 cm³/mol. The quantitative estimate of drug-likeness (QED) is 0.496. The first-order valence-electron chi connectivity index (χ1n) is 9.51. The zero-order chi connectivity index (χ0) is 20.4. The normalized spacial score (nSPS) is 10.9. The number of rotatable bonds is 5. The van der Waals surface area contributed by atoms with Crippen molar-refractivity contribution < 1.29 is 4.79 Å². The Labute approximate surface area is 174 Å².